The van der Waals surface area contributed by atoms with E-state index in [2.05, 4.69) is 10.1 Å². The van der Waals surface area contributed by atoms with Gasteiger partial charge in [0.1, 0.15) is 7.85 Å². The van der Waals surface area contributed by atoms with E-state index in [0.29, 0.717) is 0 Å². The zero-order valence-electron chi connectivity index (χ0n) is 5.84. The second-order valence-electron chi connectivity index (χ2n) is 2.33. The Balaban J connectivity index is 3.29. The Morgan fingerprint density at radius 1 is 1.60 bits per heavy atom. The molecule has 2 N–H and O–H groups in total. The minimum absolute atomic E-state index is 0.00792. The third-order valence-corrected chi connectivity index (χ3v) is 1.18. The van der Waals surface area contributed by atoms with Gasteiger partial charge in [0.05, 0.1) is 0 Å². The summed E-state index contributed by atoms with van der Waals surface area (Å²) in [4.78, 5) is 23.3. The second kappa shape index (κ2) is 2.20. The van der Waals surface area contributed by atoms with Crippen LogP contribution in [0.5, 0.6) is 0 Å². The van der Waals surface area contributed by atoms with Crippen LogP contribution in [0.4, 0.5) is 0 Å². The summed E-state index contributed by atoms with van der Waals surface area (Å²) >= 11 is 0. The highest BCUT2D eigenvalue weighted by Crippen LogP contribution is 1.85. The molecule has 0 bridgehead atoms. The van der Waals surface area contributed by atoms with E-state index < -0.39 is 5.69 Å². The summed E-state index contributed by atoms with van der Waals surface area (Å²) in [6.07, 6.45) is 0. The van der Waals surface area contributed by atoms with Gasteiger partial charge in [-0.25, -0.2) is 19.4 Å². The Labute approximate surface area is 57.5 Å². The second-order valence-corrected chi connectivity index (χ2v) is 2.33. The standard InChI is InChI=1S/C4H8BN3O2/c1-2(5)8-4(10)6-3(9)7-8/h2H,5H2,1H3,(H2,6,7,9,10). The van der Waals surface area contributed by atoms with Crippen molar-refractivity contribution in [3.8, 4) is 0 Å². The molecule has 0 aliphatic carbocycles. The van der Waals surface area contributed by atoms with Gasteiger partial charge in [0.2, 0.25) is 0 Å². The molecule has 1 aromatic heterocycles. The van der Waals surface area contributed by atoms with Crippen LogP contribution in [0.2, 0.25) is 0 Å². The number of aromatic nitrogens is 3. The molecule has 6 heteroatoms. The first-order valence-corrected chi connectivity index (χ1v) is 3.02. The largest absolute Gasteiger partial charge is 0.343 e. The van der Waals surface area contributed by atoms with Crippen LogP contribution in [0.25, 0.3) is 0 Å². The van der Waals surface area contributed by atoms with Gasteiger partial charge < -0.3 is 0 Å². The van der Waals surface area contributed by atoms with E-state index in [4.69, 9.17) is 0 Å². The summed E-state index contributed by atoms with van der Waals surface area (Å²) in [7, 11) is 1.81. The Bertz CT molecular complexity index is 320. The molecular formula is C4H8BN3O2. The van der Waals surface area contributed by atoms with Crippen LogP contribution in [-0.2, 0) is 0 Å². The van der Waals surface area contributed by atoms with E-state index in [1.165, 1.54) is 4.68 Å². The molecule has 1 unspecified atom stereocenters. The third kappa shape index (κ3) is 1.05. The lowest BCUT2D eigenvalue weighted by atomic mass is 10.00. The smallest absolute Gasteiger partial charge is 0.257 e. The monoisotopic (exact) mass is 141 g/mol. The van der Waals surface area contributed by atoms with Crippen LogP contribution in [0.3, 0.4) is 0 Å². The van der Waals surface area contributed by atoms with Gasteiger partial charge >= 0.3 is 11.4 Å². The maximum absolute atomic E-state index is 10.8. The average molecular weight is 141 g/mol. The summed E-state index contributed by atoms with van der Waals surface area (Å²) in [5, 5.41) is 2.34. The van der Waals surface area contributed by atoms with Gasteiger partial charge in [0, 0.05) is 5.94 Å². The molecule has 1 rings (SSSR count). The molecule has 10 heavy (non-hydrogen) atoms. The Hall–Kier alpha value is -1.20. The highest BCUT2D eigenvalue weighted by atomic mass is 16.2. The molecule has 0 aromatic carbocycles. The van der Waals surface area contributed by atoms with Gasteiger partial charge in [0.25, 0.3) is 0 Å². The molecule has 0 spiro atoms. The van der Waals surface area contributed by atoms with Gasteiger partial charge in [-0.05, 0) is 0 Å². The van der Waals surface area contributed by atoms with E-state index in [0.717, 1.165) is 0 Å². The lowest BCUT2D eigenvalue weighted by Gasteiger charge is -2.00. The van der Waals surface area contributed by atoms with Gasteiger partial charge in [-0.1, -0.05) is 6.92 Å². The molecule has 1 aromatic rings. The highest BCUT2D eigenvalue weighted by Gasteiger charge is 2.01. The van der Waals surface area contributed by atoms with Crippen molar-refractivity contribution in [2.24, 2.45) is 0 Å². The number of rotatable bonds is 1. The SMILES string of the molecule is BC(C)n1[nH]c(=O)[nH]c1=O. The summed E-state index contributed by atoms with van der Waals surface area (Å²) in [6, 6.07) is 0. The Morgan fingerprint density at radius 3 is 2.40 bits per heavy atom. The number of nitrogens with zero attached hydrogens (tertiary/aromatic N) is 1. The van der Waals surface area contributed by atoms with Crippen LogP contribution in [0, 0.1) is 0 Å². The first-order chi connectivity index (χ1) is 4.61. The zero-order valence-corrected chi connectivity index (χ0v) is 5.84. The minimum Gasteiger partial charge on any atom is -0.257 e. The van der Waals surface area contributed by atoms with E-state index in [1.54, 1.807) is 0 Å². The molecule has 0 saturated heterocycles. The molecule has 0 saturated carbocycles. The Kier molecular flexibility index (Phi) is 1.53. The number of hydrogen-bond acceptors (Lipinski definition) is 2. The molecule has 0 aliphatic rings. The molecule has 5 nitrogen and oxygen atoms in total. The fraction of sp³-hybridized carbons (Fsp3) is 0.500. The lowest BCUT2D eigenvalue weighted by Crippen LogP contribution is -2.21. The first-order valence-electron chi connectivity index (χ1n) is 3.02. The van der Waals surface area contributed by atoms with Crippen molar-refractivity contribution in [1.82, 2.24) is 14.8 Å². The number of nitrogens with one attached hydrogen (secondary N) is 2. The predicted octanol–water partition coefficient (Wildman–Crippen LogP) is -1.98. The summed E-state index contributed by atoms with van der Waals surface area (Å²) in [6.45, 7) is 1.81. The molecule has 1 heterocycles. The van der Waals surface area contributed by atoms with Crippen LogP contribution < -0.4 is 11.4 Å². The lowest BCUT2D eigenvalue weighted by molar-refractivity contribution is 0.604. The summed E-state index contributed by atoms with van der Waals surface area (Å²) in [5.41, 5.74) is -0.848. The zero-order chi connectivity index (χ0) is 7.72. The van der Waals surface area contributed by atoms with Gasteiger partial charge in [0.15, 0.2) is 0 Å². The van der Waals surface area contributed by atoms with Crippen molar-refractivity contribution in [1.29, 1.82) is 0 Å². The topological polar surface area (TPSA) is 70.7 Å². The summed E-state index contributed by atoms with van der Waals surface area (Å²) < 4.78 is 1.24. The van der Waals surface area contributed by atoms with Crippen molar-refractivity contribution < 1.29 is 0 Å². The van der Waals surface area contributed by atoms with Crippen LogP contribution in [-0.4, -0.2) is 22.6 Å². The number of H-pyrrole nitrogens is 2. The Morgan fingerprint density at radius 2 is 2.20 bits per heavy atom. The normalized spacial score (nSPS) is 13.3. The quantitative estimate of drug-likeness (QED) is 0.444. The first kappa shape index (κ1) is 6.92. The van der Waals surface area contributed by atoms with Gasteiger partial charge in [-0.3, -0.25) is 4.98 Å². The number of aromatic amines is 2. The maximum atomic E-state index is 10.8. The van der Waals surface area contributed by atoms with Gasteiger partial charge in [-0.2, -0.15) is 0 Å². The molecule has 0 aliphatic heterocycles. The van der Waals surface area contributed by atoms with Crippen LogP contribution in [0.1, 0.15) is 12.9 Å². The molecular weight excluding hydrogens is 133 g/mol. The fourth-order valence-electron chi connectivity index (χ4n) is 0.709. The van der Waals surface area contributed by atoms with E-state index >= 15 is 0 Å². The third-order valence-electron chi connectivity index (χ3n) is 1.18. The number of hydrogen-bond donors (Lipinski definition) is 2. The molecule has 54 valence electrons. The molecule has 0 radical (unpaired) electrons. The maximum Gasteiger partial charge on any atom is 0.343 e. The van der Waals surface area contributed by atoms with Crippen molar-refractivity contribution in [3.63, 3.8) is 0 Å². The van der Waals surface area contributed by atoms with Crippen molar-refractivity contribution >= 4 is 7.85 Å². The van der Waals surface area contributed by atoms with Gasteiger partial charge in [-0.15, -0.1) is 0 Å². The highest BCUT2D eigenvalue weighted by molar-refractivity contribution is 6.09. The van der Waals surface area contributed by atoms with E-state index in [1.807, 2.05) is 14.8 Å². The fourth-order valence-corrected chi connectivity index (χ4v) is 0.709. The molecule has 0 amide bonds. The van der Waals surface area contributed by atoms with Crippen LogP contribution >= 0.6 is 0 Å². The predicted molar refractivity (Wildman–Crippen MR) is 38.9 cm³/mol. The van der Waals surface area contributed by atoms with Crippen molar-refractivity contribution in [3.05, 3.63) is 21.0 Å². The molecule has 1 atom stereocenters. The average Bonchev–Trinajstić information content (AvgIpc) is 2.10. The molecule has 0 fully saturated rings. The van der Waals surface area contributed by atoms with Crippen molar-refractivity contribution in [2.75, 3.05) is 0 Å². The van der Waals surface area contributed by atoms with E-state index in [9.17, 15) is 9.59 Å². The van der Waals surface area contributed by atoms with Crippen LogP contribution in [0.15, 0.2) is 9.59 Å². The summed E-state index contributed by atoms with van der Waals surface area (Å²) in [5.74, 6) is -0.00792. The minimum atomic E-state index is -0.460. The van der Waals surface area contributed by atoms with E-state index in [-0.39, 0.29) is 11.6 Å². The van der Waals surface area contributed by atoms with Crippen molar-refractivity contribution in [2.45, 2.75) is 12.9 Å².